The van der Waals surface area contributed by atoms with Crippen molar-refractivity contribution in [2.75, 3.05) is 0 Å². The highest BCUT2D eigenvalue weighted by atomic mass is 14.4. The normalized spacial score (nSPS) is 24.1. The maximum Gasteiger partial charge on any atom is -0.00274 e. The maximum atomic E-state index is 2.47. The first-order chi connectivity index (χ1) is 9.33. The predicted molar refractivity (Wildman–Crippen MR) is 81.3 cm³/mol. The average molecular weight is 244 g/mol. The minimum absolute atomic E-state index is 0.827. The molecule has 3 aromatic carbocycles. The molecule has 0 heterocycles. The maximum absolute atomic E-state index is 2.47. The summed E-state index contributed by atoms with van der Waals surface area (Å²) in [7, 11) is 0. The highest BCUT2D eigenvalue weighted by molar-refractivity contribution is 6.13. The Hall–Kier alpha value is -1.82. The third-order valence-corrected chi connectivity index (χ3v) is 5.16. The zero-order valence-electron chi connectivity index (χ0n) is 11.1. The molecule has 0 saturated heterocycles. The van der Waals surface area contributed by atoms with Gasteiger partial charge < -0.3 is 0 Å². The molecule has 0 nitrogen and oxygen atoms in total. The van der Waals surface area contributed by atoms with E-state index in [1.165, 1.54) is 39.8 Å². The lowest BCUT2D eigenvalue weighted by molar-refractivity contribution is 0.852. The molecule has 2 unspecified atom stereocenters. The van der Waals surface area contributed by atoms with Gasteiger partial charge in [-0.2, -0.15) is 0 Å². The minimum atomic E-state index is 0.827. The zero-order valence-corrected chi connectivity index (χ0v) is 11.1. The molecule has 0 N–H and O–H groups in total. The van der Waals surface area contributed by atoms with Crippen LogP contribution in [0.15, 0.2) is 36.4 Å². The average Bonchev–Trinajstić information content (AvgIpc) is 3.20. The molecule has 0 spiro atoms. The van der Waals surface area contributed by atoms with Crippen LogP contribution in [0.3, 0.4) is 0 Å². The van der Waals surface area contributed by atoms with Gasteiger partial charge >= 0.3 is 0 Å². The molecule has 0 radical (unpaired) electrons. The van der Waals surface area contributed by atoms with Gasteiger partial charge in [0.25, 0.3) is 0 Å². The number of hydrogen-bond donors (Lipinski definition) is 0. The van der Waals surface area contributed by atoms with Crippen LogP contribution < -0.4 is 5.22 Å². The Bertz CT molecular complexity index is 885. The van der Waals surface area contributed by atoms with E-state index >= 15 is 0 Å². The third kappa shape index (κ3) is 1.19. The van der Waals surface area contributed by atoms with Crippen LogP contribution in [0.5, 0.6) is 0 Å². The van der Waals surface area contributed by atoms with E-state index in [1.807, 2.05) is 0 Å². The fourth-order valence-electron chi connectivity index (χ4n) is 3.99. The van der Waals surface area contributed by atoms with Crippen molar-refractivity contribution in [3.63, 3.8) is 0 Å². The van der Waals surface area contributed by atoms with E-state index in [4.69, 9.17) is 0 Å². The molecular formula is C19H16. The Labute approximate surface area is 112 Å². The van der Waals surface area contributed by atoms with Crippen LogP contribution in [0.4, 0.5) is 0 Å². The summed E-state index contributed by atoms with van der Waals surface area (Å²) in [5, 5.41) is 7.34. The largest absolute Gasteiger partial charge is 0.0763 e. The van der Waals surface area contributed by atoms with Crippen molar-refractivity contribution in [1.82, 2.24) is 0 Å². The fourth-order valence-corrected chi connectivity index (χ4v) is 3.99. The second-order valence-electron chi connectivity index (χ2n) is 6.25. The number of aryl methyl sites for hydroxylation is 1. The highest BCUT2D eigenvalue weighted by Crippen LogP contribution is 2.52. The SMILES string of the molecule is Cc1ccc2ccc3c4c(ccc1c24)C1CC1CC=3. The summed E-state index contributed by atoms with van der Waals surface area (Å²) in [6, 6.07) is 13.9. The van der Waals surface area contributed by atoms with Crippen molar-refractivity contribution < 1.29 is 0 Å². The monoisotopic (exact) mass is 244 g/mol. The molecule has 1 fully saturated rings. The van der Waals surface area contributed by atoms with Crippen LogP contribution in [0.25, 0.3) is 27.6 Å². The first-order valence-corrected chi connectivity index (χ1v) is 7.28. The van der Waals surface area contributed by atoms with Gasteiger partial charge in [-0.1, -0.05) is 42.5 Å². The second kappa shape index (κ2) is 3.19. The first kappa shape index (κ1) is 10.0. The smallest absolute Gasteiger partial charge is 0.00274 e. The first-order valence-electron chi connectivity index (χ1n) is 7.28. The van der Waals surface area contributed by atoms with Gasteiger partial charge in [0.2, 0.25) is 0 Å². The topological polar surface area (TPSA) is 0 Å². The lowest BCUT2D eigenvalue weighted by Crippen LogP contribution is -2.04. The van der Waals surface area contributed by atoms with E-state index in [0.717, 1.165) is 11.8 Å². The van der Waals surface area contributed by atoms with E-state index < -0.39 is 0 Å². The molecule has 0 heteroatoms. The summed E-state index contributed by atoms with van der Waals surface area (Å²) in [6.07, 6.45) is 5.13. The zero-order chi connectivity index (χ0) is 12.6. The molecule has 0 bridgehead atoms. The lowest BCUT2D eigenvalue weighted by Gasteiger charge is -2.12. The quantitative estimate of drug-likeness (QED) is 0.553. The summed E-state index contributed by atoms with van der Waals surface area (Å²) >= 11 is 0. The van der Waals surface area contributed by atoms with E-state index in [0.29, 0.717) is 0 Å². The number of benzene rings is 3. The molecule has 19 heavy (non-hydrogen) atoms. The molecule has 0 amide bonds. The van der Waals surface area contributed by atoms with Gasteiger partial charge in [0.15, 0.2) is 0 Å². The minimum Gasteiger partial charge on any atom is -0.0763 e. The molecule has 0 aliphatic heterocycles. The molecule has 92 valence electrons. The van der Waals surface area contributed by atoms with Crippen LogP contribution in [0.2, 0.25) is 0 Å². The number of rotatable bonds is 0. The van der Waals surface area contributed by atoms with Gasteiger partial charge in [-0.15, -0.1) is 0 Å². The van der Waals surface area contributed by atoms with Crippen molar-refractivity contribution in [1.29, 1.82) is 0 Å². The van der Waals surface area contributed by atoms with E-state index in [9.17, 15) is 0 Å². The second-order valence-corrected chi connectivity index (χ2v) is 6.25. The molecule has 1 saturated carbocycles. The Morgan fingerprint density at radius 2 is 1.84 bits per heavy atom. The van der Waals surface area contributed by atoms with E-state index in [-0.39, 0.29) is 0 Å². The van der Waals surface area contributed by atoms with E-state index in [2.05, 4.69) is 49.4 Å². The summed E-state index contributed by atoms with van der Waals surface area (Å²) in [4.78, 5) is 0. The Morgan fingerprint density at radius 3 is 2.79 bits per heavy atom. The van der Waals surface area contributed by atoms with Gasteiger partial charge in [-0.25, -0.2) is 0 Å². The van der Waals surface area contributed by atoms with Crippen LogP contribution >= 0.6 is 0 Å². The van der Waals surface area contributed by atoms with Gasteiger partial charge in [0, 0.05) is 0 Å². The predicted octanol–water partition coefficient (Wildman–Crippen LogP) is 4.31. The number of hydrogen-bond acceptors (Lipinski definition) is 0. The van der Waals surface area contributed by atoms with Crippen LogP contribution in [-0.4, -0.2) is 0 Å². The molecular weight excluding hydrogens is 228 g/mol. The Morgan fingerprint density at radius 1 is 0.947 bits per heavy atom. The van der Waals surface area contributed by atoms with Gasteiger partial charge in [0.1, 0.15) is 0 Å². The summed E-state index contributed by atoms with van der Waals surface area (Å²) in [5.74, 6) is 1.74. The summed E-state index contributed by atoms with van der Waals surface area (Å²) in [6.45, 7) is 2.23. The van der Waals surface area contributed by atoms with Crippen molar-refractivity contribution in [2.45, 2.75) is 25.7 Å². The van der Waals surface area contributed by atoms with Gasteiger partial charge in [-0.3, -0.25) is 0 Å². The molecule has 2 atom stereocenters. The molecule has 3 aromatic rings. The Kier molecular flexibility index (Phi) is 1.68. The van der Waals surface area contributed by atoms with Crippen LogP contribution in [-0.2, 0) is 0 Å². The third-order valence-electron chi connectivity index (χ3n) is 5.16. The standard InChI is InChI=1S/C19H16/c1-11-2-3-12-4-5-13-6-7-14-10-17(14)16-9-8-15(11)18(12)19(13)16/h2-6,8-9,14,17H,7,10H2,1H3. The fraction of sp³-hybridized carbons (Fsp3) is 0.263. The van der Waals surface area contributed by atoms with Crippen molar-refractivity contribution in [3.8, 4) is 0 Å². The highest BCUT2D eigenvalue weighted by Gasteiger charge is 2.39. The van der Waals surface area contributed by atoms with Crippen molar-refractivity contribution in [3.05, 3.63) is 52.7 Å². The van der Waals surface area contributed by atoms with Crippen LogP contribution in [0.1, 0.15) is 29.9 Å². The number of fused-ring (bicyclic) bond motifs is 2. The molecule has 0 aromatic heterocycles. The molecule has 2 aliphatic carbocycles. The van der Waals surface area contributed by atoms with E-state index in [1.54, 1.807) is 10.9 Å². The van der Waals surface area contributed by atoms with Gasteiger partial charge in [-0.05, 0) is 69.5 Å². The summed E-state index contributed by atoms with van der Waals surface area (Å²) in [5.41, 5.74) is 3.00. The van der Waals surface area contributed by atoms with Crippen molar-refractivity contribution >= 4 is 27.6 Å². The van der Waals surface area contributed by atoms with Gasteiger partial charge in [0.05, 0.1) is 0 Å². The van der Waals surface area contributed by atoms with Crippen molar-refractivity contribution in [2.24, 2.45) is 5.92 Å². The van der Waals surface area contributed by atoms with Crippen LogP contribution in [0, 0.1) is 12.8 Å². The molecule has 5 rings (SSSR count). The Balaban J connectivity index is 2.12. The molecule has 2 aliphatic rings. The lowest BCUT2D eigenvalue weighted by atomic mass is 9.92. The summed E-state index contributed by atoms with van der Waals surface area (Å²) < 4.78 is 0.